The highest BCUT2D eigenvalue weighted by atomic mass is 16.6. The van der Waals surface area contributed by atoms with E-state index >= 15 is 0 Å². The highest BCUT2D eigenvalue weighted by Crippen LogP contribution is 2.42. The van der Waals surface area contributed by atoms with Crippen LogP contribution < -0.4 is 0 Å². The van der Waals surface area contributed by atoms with Crippen LogP contribution in [0, 0.1) is 11.8 Å². The molecular formula is C21H20O5. The second-order valence-corrected chi connectivity index (χ2v) is 6.87. The summed E-state index contributed by atoms with van der Waals surface area (Å²) in [6.45, 7) is -0.122. The lowest BCUT2D eigenvalue weighted by Gasteiger charge is -2.20. The van der Waals surface area contributed by atoms with Crippen molar-refractivity contribution in [2.75, 3.05) is 6.61 Å². The molecule has 0 aromatic heterocycles. The lowest BCUT2D eigenvalue weighted by atomic mass is 9.93. The van der Waals surface area contributed by atoms with Gasteiger partial charge in [-0.15, -0.1) is 0 Å². The summed E-state index contributed by atoms with van der Waals surface area (Å²) in [5.74, 6) is -0.969. The van der Waals surface area contributed by atoms with E-state index in [1.165, 1.54) is 0 Å². The van der Waals surface area contributed by atoms with E-state index in [1.807, 2.05) is 42.5 Å². The minimum Gasteiger partial charge on any atom is -0.462 e. The van der Waals surface area contributed by atoms with Gasteiger partial charge in [-0.3, -0.25) is 4.79 Å². The first-order chi connectivity index (χ1) is 12.7. The molecule has 0 spiro atoms. The fourth-order valence-corrected chi connectivity index (χ4v) is 3.98. The maximum Gasteiger partial charge on any atom is 0.338 e. The van der Waals surface area contributed by atoms with Crippen molar-refractivity contribution in [3.63, 3.8) is 0 Å². The normalized spacial score (nSPS) is 27.0. The van der Waals surface area contributed by atoms with E-state index in [9.17, 15) is 14.7 Å². The monoisotopic (exact) mass is 352 g/mol. The van der Waals surface area contributed by atoms with Crippen LogP contribution in [-0.2, 0) is 14.3 Å². The van der Waals surface area contributed by atoms with Crippen LogP contribution in [0.3, 0.4) is 0 Å². The molecule has 1 aliphatic carbocycles. The summed E-state index contributed by atoms with van der Waals surface area (Å²) in [4.78, 5) is 23.9. The molecule has 2 aliphatic rings. The van der Waals surface area contributed by atoms with Crippen molar-refractivity contribution in [1.82, 2.24) is 0 Å². The highest BCUT2D eigenvalue weighted by Gasteiger charge is 2.51. The second kappa shape index (κ2) is 6.92. The summed E-state index contributed by atoms with van der Waals surface area (Å²) < 4.78 is 10.9. The summed E-state index contributed by atoms with van der Waals surface area (Å²) in [5.41, 5.74) is 2.58. The van der Waals surface area contributed by atoms with Gasteiger partial charge in [0.25, 0.3) is 0 Å². The van der Waals surface area contributed by atoms with Crippen LogP contribution in [-0.4, -0.2) is 35.9 Å². The Bertz CT molecular complexity index is 799. The molecule has 2 aromatic carbocycles. The molecule has 5 heteroatoms. The Morgan fingerprint density at radius 1 is 1.08 bits per heavy atom. The standard InChI is InChI=1S/C21H20O5/c22-12-17-16-10-20(23)25-18(16)11-19(17)26-21(24)15-8-6-14(7-9-15)13-4-2-1-3-5-13/h1-9,16-19,22H,10-12H2/t16-,17+,18+,19-/m1/s1. The molecule has 1 saturated heterocycles. The quantitative estimate of drug-likeness (QED) is 0.857. The SMILES string of the molecule is O=C1C[C@@H]2[C@H](CO)[C@H](OC(=O)c3ccc(-c4ccccc4)cc3)C[C@@H]2O1. The average Bonchev–Trinajstić information content (AvgIpc) is 3.17. The van der Waals surface area contributed by atoms with Crippen LogP contribution in [0.4, 0.5) is 0 Å². The van der Waals surface area contributed by atoms with Gasteiger partial charge >= 0.3 is 11.9 Å². The smallest absolute Gasteiger partial charge is 0.338 e. The zero-order valence-corrected chi connectivity index (χ0v) is 14.2. The summed E-state index contributed by atoms with van der Waals surface area (Å²) in [6, 6.07) is 17.2. The van der Waals surface area contributed by atoms with Crippen molar-refractivity contribution >= 4 is 11.9 Å². The number of carbonyl (C=O) groups excluding carboxylic acids is 2. The average molecular weight is 352 g/mol. The highest BCUT2D eigenvalue weighted by molar-refractivity contribution is 5.90. The van der Waals surface area contributed by atoms with Crippen LogP contribution in [0.5, 0.6) is 0 Å². The Morgan fingerprint density at radius 2 is 1.77 bits per heavy atom. The van der Waals surface area contributed by atoms with Crippen LogP contribution in [0.2, 0.25) is 0 Å². The molecule has 0 amide bonds. The topological polar surface area (TPSA) is 72.8 Å². The minimum atomic E-state index is -0.426. The van der Waals surface area contributed by atoms with Gasteiger partial charge in [0.05, 0.1) is 12.0 Å². The van der Waals surface area contributed by atoms with E-state index in [-0.39, 0.29) is 36.9 Å². The van der Waals surface area contributed by atoms with Crippen molar-refractivity contribution in [3.05, 3.63) is 60.2 Å². The fraction of sp³-hybridized carbons (Fsp3) is 0.333. The second-order valence-electron chi connectivity index (χ2n) is 6.87. The molecule has 4 atom stereocenters. The first kappa shape index (κ1) is 16.8. The molecule has 26 heavy (non-hydrogen) atoms. The number of esters is 2. The van der Waals surface area contributed by atoms with Crippen molar-refractivity contribution in [2.45, 2.75) is 25.0 Å². The zero-order chi connectivity index (χ0) is 18.1. The molecular weight excluding hydrogens is 332 g/mol. The fourth-order valence-electron chi connectivity index (χ4n) is 3.98. The Balaban J connectivity index is 1.44. The Morgan fingerprint density at radius 3 is 2.46 bits per heavy atom. The van der Waals surface area contributed by atoms with Gasteiger partial charge in [0.2, 0.25) is 0 Å². The lowest BCUT2D eigenvalue weighted by molar-refractivity contribution is -0.141. The molecule has 2 aromatic rings. The number of ether oxygens (including phenoxy) is 2. The molecule has 0 bridgehead atoms. The molecule has 5 nitrogen and oxygen atoms in total. The maximum atomic E-state index is 12.5. The van der Waals surface area contributed by atoms with E-state index in [1.54, 1.807) is 12.1 Å². The summed E-state index contributed by atoms with van der Waals surface area (Å²) in [7, 11) is 0. The van der Waals surface area contributed by atoms with E-state index in [0.717, 1.165) is 11.1 Å². The molecule has 1 heterocycles. The van der Waals surface area contributed by atoms with Crippen LogP contribution >= 0.6 is 0 Å². The summed E-state index contributed by atoms with van der Waals surface area (Å²) in [5, 5.41) is 9.66. The number of hydrogen-bond acceptors (Lipinski definition) is 5. The van der Waals surface area contributed by atoms with Gasteiger partial charge in [-0.1, -0.05) is 42.5 Å². The zero-order valence-electron chi connectivity index (χ0n) is 14.2. The van der Waals surface area contributed by atoms with Crippen molar-refractivity contribution in [1.29, 1.82) is 0 Å². The van der Waals surface area contributed by atoms with Gasteiger partial charge in [-0.25, -0.2) is 4.79 Å². The number of hydrogen-bond donors (Lipinski definition) is 1. The summed E-state index contributed by atoms with van der Waals surface area (Å²) >= 11 is 0. The van der Waals surface area contributed by atoms with Crippen molar-refractivity contribution < 1.29 is 24.2 Å². The number of fused-ring (bicyclic) bond motifs is 1. The third kappa shape index (κ3) is 3.10. The Kier molecular flexibility index (Phi) is 4.47. The van der Waals surface area contributed by atoms with Gasteiger partial charge in [0.1, 0.15) is 12.2 Å². The number of rotatable bonds is 4. The van der Waals surface area contributed by atoms with E-state index in [4.69, 9.17) is 9.47 Å². The van der Waals surface area contributed by atoms with Gasteiger partial charge in [-0.2, -0.15) is 0 Å². The van der Waals surface area contributed by atoms with Crippen LogP contribution in [0.25, 0.3) is 11.1 Å². The lowest BCUT2D eigenvalue weighted by Crippen LogP contribution is -2.28. The summed E-state index contributed by atoms with van der Waals surface area (Å²) in [6.07, 6.45) is 0.0628. The van der Waals surface area contributed by atoms with E-state index < -0.39 is 12.1 Å². The first-order valence-electron chi connectivity index (χ1n) is 8.82. The molecule has 4 rings (SSSR count). The van der Waals surface area contributed by atoms with E-state index in [2.05, 4.69) is 0 Å². The molecule has 1 N–H and O–H groups in total. The van der Waals surface area contributed by atoms with Crippen molar-refractivity contribution in [2.24, 2.45) is 11.8 Å². The minimum absolute atomic E-state index is 0.0641. The van der Waals surface area contributed by atoms with Crippen LogP contribution in [0.15, 0.2) is 54.6 Å². The Labute approximate surface area is 151 Å². The van der Waals surface area contributed by atoms with Crippen molar-refractivity contribution in [3.8, 4) is 11.1 Å². The largest absolute Gasteiger partial charge is 0.462 e. The maximum absolute atomic E-state index is 12.5. The number of aliphatic hydroxyl groups is 1. The molecule has 1 aliphatic heterocycles. The first-order valence-corrected chi connectivity index (χ1v) is 8.82. The molecule has 0 radical (unpaired) electrons. The van der Waals surface area contributed by atoms with Gasteiger partial charge in [0, 0.05) is 24.9 Å². The molecule has 0 unspecified atom stereocenters. The van der Waals surface area contributed by atoms with E-state index in [0.29, 0.717) is 12.0 Å². The molecule has 2 fully saturated rings. The number of carbonyl (C=O) groups is 2. The number of benzene rings is 2. The number of aliphatic hydroxyl groups excluding tert-OH is 1. The van der Waals surface area contributed by atoms with Gasteiger partial charge in [-0.05, 0) is 23.3 Å². The molecule has 134 valence electrons. The van der Waals surface area contributed by atoms with Crippen LogP contribution in [0.1, 0.15) is 23.2 Å². The predicted molar refractivity (Wildman–Crippen MR) is 94.3 cm³/mol. The van der Waals surface area contributed by atoms with Gasteiger partial charge < -0.3 is 14.6 Å². The third-order valence-electron chi connectivity index (χ3n) is 5.35. The predicted octanol–water partition coefficient (Wildman–Crippen LogP) is 2.82. The molecule has 1 saturated carbocycles. The van der Waals surface area contributed by atoms with Gasteiger partial charge in [0.15, 0.2) is 0 Å². The Hall–Kier alpha value is -2.66. The third-order valence-corrected chi connectivity index (χ3v) is 5.35.